The van der Waals surface area contributed by atoms with Crippen LogP contribution in [0.25, 0.3) is 0 Å². The quantitative estimate of drug-likeness (QED) is 0.905. The number of aryl methyl sites for hydroxylation is 1. The predicted octanol–water partition coefficient (Wildman–Crippen LogP) is 4.04. The fourth-order valence-electron chi connectivity index (χ4n) is 4.29. The molecule has 0 aromatic heterocycles. The van der Waals surface area contributed by atoms with E-state index in [4.69, 9.17) is 5.73 Å². The van der Waals surface area contributed by atoms with Gasteiger partial charge in [0.1, 0.15) is 0 Å². The highest BCUT2D eigenvalue weighted by Crippen LogP contribution is 2.40. The maximum atomic E-state index is 6.24. The third kappa shape index (κ3) is 3.11. The van der Waals surface area contributed by atoms with Crippen LogP contribution in [0.15, 0.2) is 18.2 Å². The van der Waals surface area contributed by atoms with Crippen molar-refractivity contribution in [2.45, 2.75) is 70.9 Å². The van der Waals surface area contributed by atoms with Gasteiger partial charge < -0.3 is 10.6 Å². The molecule has 1 aromatic carbocycles. The van der Waals surface area contributed by atoms with Crippen LogP contribution in [0.5, 0.6) is 0 Å². The lowest BCUT2D eigenvalue weighted by Crippen LogP contribution is -2.35. The fraction of sp³-hybridized carbons (Fsp3) is 0.684. The minimum atomic E-state index is 0.287. The Morgan fingerprint density at radius 1 is 1.24 bits per heavy atom. The highest BCUT2D eigenvalue weighted by molar-refractivity contribution is 5.57. The summed E-state index contributed by atoms with van der Waals surface area (Å²) in [5.74, 6) is 0.938. The monoisotopic (exact) mass is 286 g/mol. The molecule has 3 rings (SSSR count). The van der Waals surface area contributed by atoms with Gasteiger partial charge in [0.15, 0.2) is 0 Å². The second-order valence-electron chi connectivity index (χ2n) is 7.10. The molecular weight excluding hydrogens is 256 g/mol. The van der Waals surface area contributed by atoms with E-state index in [0.717, 1.165) is 24.8 Å². The Morgan fingerprint density at radius 3 is 2.86 bits per heavy atom. The number of fused-ring (bicyclic) bond motifs is 1. The summed E-state index contributed by atoms with van der Waals surface area (Å²) >= 11 is 0. The molecule has 3 unspecified atom stereocenters. The summed E-state index contributed by atoms with van der Waals surface area (Å²) in [5.41, 5.74) is 10.5. The molecule has 2 N–H and O–H groups in total. The van der Waals surface area contributed by atoms with Crippen molar-refractivity contribution in [3.05, 3.63) is 29.3 Å². The van der Waals surface area contributed by atoms with Gasteiger partial charge in [0.05, 0.1) is 0 Å². The van der Waals surface area contributed by atoms with E-state index in [9.17, 15) is 0 Å². The molecule has 1 aliphatic carbocycles. The Hall–Kier alpha value is -1.02. The van der Waals surface area contributed by atoms with Crippen molar-refractivity contribution < 1.29 is 0 Å². The molecule has 2 fully saturated rings. The van der Waals surface area contributed by atoms with Crippen molar-refractivity contribution in [3.8, 4) is 0 Å². The zero-order valence-corrected chi connectivity index (χ0v) is 13.6. The smallest absolute Gasteiger partial charge is 0.0402 e. The van der Waals surface area contributed by atoms with Gasteiger partial charge in [0.2, 0.25) is 0 Å². The average Bonchev–Trinajstić information content (AvgIpc) is 2.91. The van der Waals surface area contributed by atoms with Crippen LogP contribution < -0.4 is 10.6 Å². The topological polar surface area (TPSA) is 29.3 Å². The predicted molar refractivity (Wildman–Crippen MR) is 90.9 cm³/mol. The van der Waals surface area contributed by atoms with E-state index >= 15 is 0 Å². The lowest BCUT2D eigenvalue weighted by atomic mass is 9.85. The molecule has 1 saturated heterocycles. The lowest BCUT2D eigenvalue weighted by molar-refractivity contribution is 0.342. The highest BCUT2D eigenvalue weighted by atomic mass is 15.2. The molecule has 21 heavy (non-hydrogen) atoms. The van der Waals surface area contributed by atoms with Crippen molar-refractivity contribution in [2.75, 3.05) is 11.4 Å². The Labute approximate surface area is 129 Å². The van der Waals surface area contributed by atoms with Crippen molar-refractivity contribution in [1.82, 2.24) is 0 Å². The number of rotatable bonds is 4. The van der Waals surface area contributed by atoms with Gasteiger partial charge in [-0.05, 0) is 56.6 Å². The van der Waals surface area contributed by atoms with Crippen LogP contribution in [-0.2, 0) is 6.42 Å². The molecule has 1 saturated carbocycles. The van der Waals surface area contributed by atoms with Gasteiger partial charge in [-0.15, -0.1) is 0 Å². The van der Waals surface area contributed by atoms with Crippen LogP contribution in [0, 0.1) is 12.8 Å². The zero-order valence-electron chi connectivity index (χ0n) is 13.6. The van der Waals surface area contributed by atoms with Gasteiger partial charge in [-0.1, -0.05) is 37.5 Å². The van der Waals surface area contributed by atoms with E-state index in [1.807, 2.05) is 0 Å². The van der Waals surface area contributed by atoms with Crippen LogP contribution in [0.4, 0.5) is 5.69 Å². The highest BCUT2D eigenvalue weighted by Gasteiger charge is 2.36. The summed E-state index contributed by atoms with van der Waals surface area (Å²) in [5, 5.41) is 0. The van der Waals surface area contributed by atoms with Gasteiger partial charge in [0, 0.05) is 24.3 Å². The van der Waals surface area contributed by atoms with E-state index in [1.165, 1.54) is 55.5 Å². The molecule has 2 aliphatic rings. The summed E-state index contributed by atoms with van der Waals surface area (Å²) in [6.45, 7) is 5.62. The van der Waals surface area contributed by atoms with Crippen LogP contribution in [0.2, 0.25) is 0 Å². The maximum absolute atomic E-state index is 6.24. The second-order valence-corrected chi connectivity index (χ2v) is 7.10. The Morgan fingerprint density at radius 2 is 2.05 bits per heavy atom. The summed E-state index contributed by atoms with van der Waals surface area (Å²) < 4.78 is 0. The standard InChI is InChI=1S/C19H30N2/c1-3-17(20)13-16-12-14(2)8-9-19(16)21-11-10-15-6-4-5-7-18(15)21/h8-9,12,15,17-18H,3-7,10-11,13,20H2,1-2H3. The Bertz CT molecular complexity index is 482. The van der Waals surface area contributed by atoms with Crippen molar-refractivity contribution in [2.24, 2.45) is 11.7 Å². The fourth-order valence-corrected chi connectivity index (χ4v) is 4.29. The first-order valence-electron chi connectivity index (χ1n) is 8.80. The summed E-state index contributed by atoms with van der Waals surface area (Å²) in [6.07, 6.45) is 9.14. The Kier molecular flexibility index (Phi) is 4.54. The molecule has 1 aliphatic heterocycles. The van der Waals surface area contributed by atoms with Gasteiger partial charge in [-0.3, -0.25) is 0 Å². The molecule has 0 bridgehead atoms. The maximum Gasteiger partial charge on any atom is 0.0402 e. The SMILES string of the molecule is CCC(N)Cc1cc(C)ccc1N1CCC2CCCCC21. The number of benzene rings is 1. The van der Waals surface area contributed by atoms with E-state index in [0.29, 0.717) is 0 Å². The van der Waals surface area contributed by atoms with Crippen LogP contribution in [0.3, 0.4) is 0 Å². The first kappa shape index (κ1) is 14.9. The van der Waals surface area contributed by atoms with Crippen molar-refractivity contribution >= 4 is 5.69 Å². The second kappa shape index (κ2) is 6.39. The van der Waals surface area contributed by atoms with Gasteiger partial charge in [-0.25, -0.2) is 0 Å². The largest absolute Gasteiger partial charge is 0.368 e. The Balaban J connectivity index is 1.87. The van der Waals surface area contributed by atoms with Gasteiger partial charge >= 0.3 is 0 Å². The minimum absolute atomic E-state index is 0.287. The molecule has 3 atom stereocenters. The average molecular weight is 286 g/mol. The van der Waals surface area contributed by atoms with Gasteiger partial charge in [0.25, 0.3) is 0 Å². The van der Waals surface area contributed by atoms with Crippen LogP contribution >= 0.6 is 0 Å². The molecule has 2 nitrogen and oxygen atoms in total. The van der Waals surface area contributed by atoms with Crippen LogP contribution in [0.1, 0.15) is 56.6 Å². The van der Waals surface area contributed by atoms with Crippen molar-refractivity contribution in [3.63, 3.8) is 0 Å². The van der Waals surface area contributed by atoms with E-state index in [2.05, 4.69) is 36.9 Å². The summed E-state index contributed by atoms with van der Waals surface area (Å²) in [4.78, 5) is 2.71. The molecule has 0 spiro atoms. The number of hydrogen-bond donors (Lipinski definition) is 1. The van der Waals surface area contributed by atoms with E-state index in [-0.39, 0.29) is 6.04 Å². The van der Waals surface area contributed by atoms with Gasteiger partial charge in [-0.2, -0.15) is 0 Å². The van der Waals surface area contributed by atoms with E-state index in [1.54, 1.807) is 0 Å². The number of nitrogens with zero attached hydrogens (tertiary/aromatic N) is 1. The summed E-state index contributed by atoms with van der Waals surface area (Å²) in [6, 6.07) is 8.06. The molecule has 2 heteroatoms. The molecule has 1 heterocycles. The molecule has 0 radical (unpaired) electrons. The molecule has 1 aromatic rings. The summed E-state index contributed by atoms with van der Waals surface area (Å²) in [7, 11) is 0. The number of hydrogen-bond acceptors (Lipinski definition) is 2. The van der Waals surface area contributed by atoms with Crippen LogP contribution in [-0.4, -0.2) is 18.6 Å². The number of anilines is 1. The number of nitrogens with two attached hydrogens (primary N) is 1. The minimum Gasteiger partial charge on any atom is -0.368 e. The first-order chi connectivity index (χ1) is 10.2. The van der Waals surface area contributed by atoms with E-state index < -0.39 is 0 Å². The normalized spacial score (nSPS) is 26.7. The first-order valence-corrected chi connectivity index (χ1v) is 8.80. The third-order valence-corrected chi connectivity index (χ3v) is 5.56. The molecule has 0 amide bonds. The zero-order chi connectivity index (χ0) is 14.8. The molecule has 116 valence electrons. The molecular formula is C19H30N2. The van der Waals surface area contributed by atoms with Crippen molar-refractivity contribution in [1.29, 1.82) is 0 Å². The lowest BCUT2D eigenvalue weighted by Gasteiger charge is -2.34. The third-order valence-electron chi connectivity index (χ3n) is 5.56.